The predicted octanol–water partition coefficient (Wildman–Crippen LogP) is 3.79. The summed E-state index contributed by atoms with van der Waals surface area (Å²) in [6.45, 7) is 1.45. The molecule has 0 saturated heterocycles. The molecule has 0 bridgehead atoms. The van der Waals surface area contributed by atoms with Gasteiger partial charge in [-0.05, 0) is 45.3 Å². The molecule has 1 atom stereocenters. The van der Waals surface area contributed by atoms with E-state index in [4.69, 9.17) is 5.11 Å². The predicted molar refractivity (Wildman–Crippen MR) is 94.7 cm³/mol. The van der Waals surface area contributed by atoms with Crippen molar-refractivity contribution >= 4 is 44.2 Å². The van der Waals surface area contributed by atoms with Crippen LogP contribution in [0.5, 0.6) is 0 Å². The quantitative estimate of drug-likeness (QED) is 0.565. The summed E-state index contributed by atoms with van der Waals surface area (Å²) in [5, 5.41) is 17.9. The third-order valence-corrected chi connectivity index (χ3v) is 4.49. The molecular weight excluding hydrogens is 302 g/mol. The summed E-state index contributed by atoms with van der Waals surface area (Å²) in [7, 11) is 0. The Hall–Kier alpha value is -3.14. The second-order valence-electron chi connectivity index (χ2n) is 6.00. The van der Waals surface area contributed by atoms with Gasteiger partial charge in [-0.1, -0.05) is 48.5 Å². The van der Waals surface area contributed by atoms with Crippen LogP contribution in [-0.2, 0) is 4.79 Å². The first-order chi connectivity index (χ1) is 11.6. The van der Waals surface area contributed by atoms with Crippen LogP contribution in [0.15, 0.2) is 54.6 Å². The second-order valence-corrected chi connectivity index (χ2v) is 6.00. The second kappa shape index (κ2) is 5.20. The fourth-order valence-electron chi connectivity index (χ4n) is 3.27. The Morgan fingerprint density at radius 3 is 2.12 bits per heavy atom. The molecule has 2 N–H and O–H groups in total. The maximum atomic E-state index is 12.5. The number of carboxylic acid groups (broad SMARTS) is 1. The summed E-state index contributed by atoms with van der Waals surface area (Å²) >= 11 is 0. The molecule has 0 aromatic heterocycles. The minimum atomic E-state index is -1.05. The van der Waals surface area contributed by atoms with Crippen molar-refractivity contribution in [3.8, 4) is 0 Å². The van der Waals surface area contributed by atoms with Gasteiger partial charge in [0.05, 0.1) is 0 Å². The standard InChI is InChI=1S/C20H15NO3/c1-11(20(23)24)21-19(22)16-10-8-14-6-5-12-3-2-4-13-7-9-15(16)18(14)17(12)13/h2-11H,1H3,(H,21,22)(H,23,24). The van der Waals surface area contributed by atoms with Crippen molar-refractivity contribution in [2.75, 3.05) is 0 Å². The first kappa shape index (κ1) is 14.5. The van der Waals surface area contributed by atoms with Gasteiger partial charge in [-0.15, -0.1) is 0 Å². The molecule has 4 aromatic carbocycles. The van der Waals surface area contributed by atoms with Gasteiger partial charge in [0.25, 0.3) is 5.91 Å². The van der Waals surface area contributed by atoms with Gasteiger partial charge in [0, 0.05) is 5.56 Å². The van der Waals surface area contributed by atoms with Crippen molar-refractivity contribution in [2.24, 2.45) is 0 Å². The first-order valence-electron chi connectivity index (χ1n) is 7.76. The normalized spacial score (nSPS) is 12.7. The number of hydrogen-bond donors (Lipinski definition) is 2. The number of nitrogens with one attached hydrogen (secondary N) is 1. The molecule has 118 valence electrons. The average molecular weight is 317 g/mol. The number of carbonyl (C=O) groups is 2. The van der Waals surface area contributed by atoms with Gasteiger partial charge in [-0.3, -0.25) is 9.59 Å². The fraction of sp³-hybridized carbons (Fsp3) is 0.100. The van der Waals surface area contributed by atoms with E-state index < -0.39 is 12.0 Å². The maximum absolute atomic E-state index is 12.5. The molecule has 24 heavy (non-hydrogen) atoms. The zero-order chi connectivity index (χ0) is 16.8. The van der Waals surface area contributed by atoms with E-state index in [-0.39, 0.29) is 5.91 Å². The summed E-state index contributed by atoms with van der Waals surface area (Å²) in [6, 6.07) is 16.9. The van der Waals surface area contributed by atoms with E-state index in [1.807, 2.05) is 30.3 Å². The van der Waals surface area contributed by atoms with Crippen LogP contribution < -0.4 is 5.32 Å². The lowest BCUT2D eigenvalue weighted by atomic mass is 9.92. The highest BCUT2D eigenvalue weighted by Gasteiger charge is 2.18. The molecule has 0 radical (unpaired) electrons. The molecule has 4 aromatic rings. The van der Waals surface area contributed by atoms with E-state index in [0.29, 0.717) is 5.56 Å². The Balaban J connectivity index is 1.97. The summed E-state index contributed by atoms with van der Waals surface area (Å²) in [6.07, 6.45) is 0. The lowest BCUT2D eigenvalue weighted by Crippen LogP contribution is -2.38. The summed E-state index contributed by atoms with van der Waals surface area (Å²) in [5.74, 6) is -1.43. The number of hydrogen-bond acceptors (Lipinski definition) is 2. The summed E-state index contributed by atoms with van der Waals surface area (Å²) in [5.41, 5.74) is 0.494. The molecule has 4 heteroatoms. The number of carbonyl (C=O) groups excluding carboxylic acids is 1. The molecular formula is C20H15NO3. The number of benzene rings is 4. The van der Waals surface area contributed by atoms with Gasteiger partial charge in [0.2, 0.25) is 0 Å². The molecule has 0 spiro atoms. The molecule has 1 unspecified atom stereocenters. The SMILES string of the molecule is CC(NC(=O)c1ccc2ccc3cccc4ccc1c2c34)C(=O)O. The minimum absolute atomic E-state index is 0.372. The Bertz CT molecular complexity index is 1080. The van der Waals surface area contributed by atoms with Crippen LogP contribution >= 0.6 is 0 Å². The number of aliphatic carboxylic acids is 1. The van der Waals surface area contributed by atoms with Gasteiger partial charge < -0.3 is 10.4 Å². The molecule has 0 fully saturated rings. The Morgan fingerprint density at radius 2 is 1.46 bits per heavy atom. The third-order valence-electron chi connectivity index (χ3n) is 4.49. The lowest BCUT2D eigenvalue weighted by molar-refractivity contribution is -0.138. The smallest absolute Gasteiger partial charge is 0.325 e. The summed E-state index contributed by atoms with van der Waals surface area (Å²) < 4.78 is 0. The van der Waals surface area contributed by atoms with Crippen molar-refractivity contribution in [3.05, 3.63) is 60.2 Å². The Labute approximate surface area is 138 Å². The van der Waals surface area contributed by atoms with E-state index in [2.05, 4.69) is 23.5 Å². The number of rotatable bonds is 3. The van der Waals surface area contributed by atoms with Gasteiger partial charge in [0.1, 0.15) is 6.04 Å². The van der Waals surface area contributed by atoms with E-state index >= 15 is 0 Å². The summed E-state index contributed by atoms with van der Waals surface area (Å²) in [4.78, 5) is 23.5. The Morgan fingerprint density at radius 1 is 0.875 bits per heavy atom. The first-order valence-corrected chi connectivity index (χ1v) is 7.76. The average Bonchev–Trinajstić information content (AvgIpc) is 2.59. The third kappa shape index (κ3) is 2.07. The van der Waals surface area contributed by atoms with Crippen LogP contribution in [0.1, 0.15) is 17.3 Å². The van der Waals surface area contributed by atoms with Crippen molar-refractivity contribution in [1.29, 1.82) is 0 Å². The number of carboxylic acids is 1. The highest BCUT2D eigenvalue weighted by atomic mass is 16.4. The van der Waals surface area contributed by atoms with Gasteiger partial charge in [0.15, 0.2) is 0 Å². The molecule has 0 aliphatic carbocycles. The minimum Gasteiger partial charge on any atom is -0.480 e. The van der Waals surface area contributed by atoms with E-state index in [0.717, 1.165) is 32.3 Å². The maximum Gasteiger partial charge on any atom is 0.325 e. The number of amides is 1. The van der Waals surface area contributed by atoms with E-state index in [1.165, 1.54) is 6.92 Å². The van der Waals surface area contributed by atoms with Crippen LogP contribution in [0.2, 0.25) is 0 Å². The van der Waals surface area contributed by atoms with Crippen LogP contribution in [0.25, 0.3) is 32.3 Å². The largest absolute Gasteiger partial charge is 0.480 e. The fourth-order valence-corrected chi connectivity index (χ4v) is 3.27. The molecule has 1 amide bonds. The molecule has 0 heterocycles. The highest BCUT2D eigenvalue weighted by Crippen LogP contribution is 2.35. The monoisotopic (exact) mass is 317 g/mol. The van der Waals surface area contributed by atoms with Crippen LogP contribution in [0.4, 0.5) is 0 Å². The molecule has 4 nitrogen and oxygen atoms in total. The molecule has 0 aliphatic rings. The van der Waals surface area contributed by atoms with E-state index in [9.17, 15) is 9.59 Å². The van der Waals surface area contributed by atoms with E-state index in [1.54, 1.807) is 6.07 Å². The van der Waals surface area contributed by atoms with Crippen LogP contribution in [0, 0.1) is 0 Å². The van der Waals surface area contributed by atoms with Gasteiger partial charge in [-0.2, -0.15) is 0 Å². The molecule has 0 saturated carbocycles. The van der Waals surface area contributed by atoms with Crippen molar-refractivity contribution < 1.29 is 14.7 Å². The zero-order valence-electron chi connectivity index (χ0n) is 13.0. The Kier molecular flexibility index (Phi) is 3.13. The molecule has 4 rings (SSSR count). The van der Waals surface area contributed by atoms with Crippen LogP contribution in [-0.4, -0.2) is 23.0 Å². The van der Waals surface area contributed by atoms with Crippen LogP contribution in [0.3, 0.4) is 0 Å². The van der Waals surface area contributed by atoms with Crippen molar-refractivity contribution in [2.45, 2.75) is 13.0 Å². The van der Waals surface area contributed by atoms with Crippen molar-refractivity contribution in [3.63, 3.8) is 0 Å². The van der Waals surface area contributed by atoms with Gasteiger partial charge >= 0.3 is 5.97 Å². The highest BCUT2D eigenvalue weighted by molar-refractivity contribution is 6.26. The zero-order valence-corrected chi connectivity index (χ0v) is 13.0. The topological polar surface area (TPSA) is 66.4 Å². The lowest BCUT2D eigenvalue weighted by Gasteiger charge is -2.15. The van der Waals surface area contributed by atoms with Crippen molar-refractivity contribution in [1.82, 2.24) is 5.32 Å². The van der Waals surface area contributed by atoms with Gasteiger partial charge in [-0.25, -0.2) is 0 Å². The molecule has 0 aliphatic heterocycles.